The van der Waals surface area contributed by atoms with Gasteiger partial charge in [0.15, 0.2) is 17.3 Å². The Bertz CT molecular complexity index is 3990. The molecule has 0 fully saturated rings. The summed E-state index contributed by atoms with van der Waals surface area (Å²) in [6.07, 6.45) is 8.40. The normalized spacial score (nSPS) is 14.2. The molecule has 2 amide bonds. The number of amides is 2. The van der Waals surface area contributed by atoms with E-state index < -0.39 is 43.4 Å². The van der Waals surface area contributed by atoms with Crippen molar-refractivity contribution in [3.8, 4) is 11.5 Å². The van der Waals surface area contributed by atoms with E-state index in [0.717, 1.165) is 51.8 Å². The third-order valence-corrected chi connectivity index (χ3v) is 15.7. The molecule has 1 unspecified atom stereocenters. The largest absolute Gasteiger partial charge is 0.492 e. The van der Waals surface area contributed by atoms with Gasteiger partial charge in [-0.05, 0) is 101 Å². The second kappa shape index (κ2) is 25.0. The van der Waals surface area contributed by atoms with Gasteiger partial charge in [0.25, 0.3) is 11.8 Å². The standard InChI is InChI=1S/C31H43N7O5S.C31H41N7O5S/c2*1-18-11-12-19(29(40)33-21-14-20(30(2,3)4)15-22(26(21)43-9)35-44(10,41)42)13-24(18)38-17-23(34-36-38)25-16-32-28(37(25)8)27(39)31(5,6)7/h11-17,27,34-36,39H,1-10H3,(H,33,40);11-17,34-36H,1-10H3,(H,33,40). The van der Waals surface area contributed by atoms with Gasteiger partial charge in [0.1, 0.15) is 11.9 Å². The number of Topliss-reactive ketones (excluding diaryl/α,β-unsaturated/α-hetero) is 1. The molecule has 0 saturated carbocycles. The number of aromatic nitrogens is 4. The van der Waals surface area contributed by atoms with Crippen molar-refractivity contribution >= 4 is 83.2 Å². The maximum absolute atomic E-state index is 13.6. The van der Waals surface area contributed by atoms with Crippen molar-refractivity contribution in [3.05, 3.63) is 142 Å². The van der Waals surface area contributed by atoms with Gasteiger partial charge in [-0.25, -0.2) is 26.8 Å². The molecule has 0 saturated heterocycles. The van der Waals surface area contributed by atoms with E-state index in [9.17, 15) is 36.3 Å². The number of methoxy groups -OCH3 is 2. The topological polar surface area (TPSA) is 297 Å². The zero-order valence-electron chi connectivity index (χ0n) is 53.8. The number of hydrogen-bond donors (Lipinski definition) is 9. The maximum atomic E-state index is 13.6. The van der Waals surface area contributed by atoms with E-state index in [-0.39, 0.29) is 44.9 Å². The summed E-state index contributed by atoms with van der Waals surface area (Å²) < 4.78 is 68.1. The molecule has 26 heteroatoms. The first-order valence-corrected chi connectivity index (χ1v) is 32.0. The number of carbonyl (C=O) groups excluding carboxylic acids is 3. The van der Waals surface area contributed by atoms with Crippen LogP contribution < -0.4 is 61.5 Å². The van der Waals surface area contributed by atoms with E-state index in [1.165, 1.54) is 14.2 Å². The van der Waals surface area contributed by atoms with Gasteiger partial charge < -0.3 is 34.3 Å². The molecular weight excluding hydrogens is 1160 g/mol. The van der Waals surface area contributed by atoms with Crippen molar-refractivity contribution in [2.24, 2.45) is 24.9 Å². The van der Waals surface area contributed by atoms with E-state index in [2.05, 4.69) is 52.0 Å². The molecule has 8 rings (SSSR count). The van der Waals surface area contributed by atoms with Crippen LogP contribution in [-0.2, 0) is 45.0 Å². The van der Waals surface area contributed by atoms with Crippen molar-refractivity contribution in [2.75, 3.05) is 56.8 Å². The number of anilines is 6. The summed E-state index contributed by atoms with van der Waals surface area (Å²) in [4.78, 5) is 48.8. The zero-order valence-corrected chi connectivity index (χ0v) is 55.4. The number of nitrogens with one attached hydrogen (secondary N) is 8. The molecule has 2 aromatic heterocycles. The number of ketones is 1. The van der Waals surface area contributed by atoms with Crippen LogP contribution in [0.25, 0.3) is 11.4 Å². The molecule has 4 heterocycles. The first-order valence-electron chi connectivity index (χ1n) is 28.2. The Kier molecular flexibility index (Phi) is 19.0. The van der Waals surface area contributed by atoms with Crippen LogP contribution in [0.1, 0.15) is 160 Å². The average Bonchev–Trinajstić information content (AvgIpc) is 4.09. The Balaban J connectivity index is 0.000000251. The molecule has 9 N–H and O–H groups in total. The lowest BCUT2D eigenvalue weighted by Gasteiger charge is -2.25. The van der Waals surface area contributed by atoms with Crippen LogP contribution in [0.15, 0.2) is 85.5 Å². The number of hydrogen-bond acceptors (Lipinski definition) is 18. The number of rotatable bonds is 16. The summed E-state index contributed by atoms with van der Waals surface area (Å²) in [6.45, 7) is 27.3. The van der Waals surface area contributed by atoms with Gasteiger partial charge in [0, 0.05) is 30.6 Å². The third kappa shape index (κ3) is 15.4. The third-order valence-electron chi connectivity index (χ3n) is 14.5. The zero-order chi connectivity index (χ0) is 65.6. The minimum absolute atomic E-state index is 0.0619. The van der Waals surface area contributed by atoms with Gasteiger partial charge in [-0.1, -0.05) is 95.2 Å². The van der Waals surface area contributed by atoms with E-state index in [1.54, 1.807) is 82.6 Å². The number of aryl methyl sites for hydroxylation is 2. The van der Waals surface area contributed by atoms with Gasteiger partial charge >= 0.3 is 0 Å². The summed E-state index contributed by atoms with van der Waals surface area (Å²) in [5.41, 5.74) is 20.5. The van der Waals surface area contributed by atoms with Gasteiger partial charge in [0.05, 0.1) is 108 Å². The molecule has 0 radical (unpaired) electrons. The summed E-state index contributed by atoms with van der Waals surface area (Å²) in [5, 5.41) is 20.1. The SMILES string of the molecule is COc1c(NC(=O)c2ccc(C)c(N3C=C(c4cnc(C(=O)C(C)(C)C)n4C)NN3)c2)cc(C(C)(C)C)cc1NS(C)(=O)=O.COc1c(NC(=O)c2ccc(C)c(N3C=C(c4cnc(C(O)C(C)(C)C)n4C)NN3)c2)cc(C(C)(C)C)cc1NS(C)(=O)=O. The average molecular weight is 1250 g/mol. The molecule has 0 spiro atoms. The fraction of sp³-hybridized carbons (Fsp3) is 0.403. The monoisotopic (exact) mass is 1250 g/mol. The molecule has 2 aliphatic heterocycles. The molecule has 474 valence electrons. The minimum Gasteiger partial charge on any atom is -0.492 e. The minimum atomic E-state index is -3.61. The fourth-order valence-electron chi connectivity index (χ4n) is 9.38. The highest BCUT2D eigenvalue weighted by molar-refractivity contribution is 7.92. The van der Waals surface area contributed by atoms with Gasteiger partial charge in [0.2, 0.25) is 25.8 Å². The number of aliphatic hydroxyl groups excluding tert-OH is 1. The van der Waals surface area contributed by atoms with Crippen LogP contribution in [0.3, 0.4) is 0 Å². The number of imidazole rings is 2. The summed E-state index contributed by atoms with van der Waals surface area (Å²) in [5.74, 6) is 0.456. The van der Waals surface area contributed by atoms with E-state index in [1.807, 2.05) is 133 Å². The number of sulfonamides is 2. The number of benzene rings is 4. The lowest BCUT2D eigenvalue weighted by molar-refractivity contribution is 0.0525. The molecule has 2 aliphatic rings. The first kappa shape index (κ1) is 67.1. The highest BCUT2D eigenvalue weighted by atomic mass is 32.2. The fourth-order valence-corrected chi connectivity index (χ4v) is 10.5. The second-order valence-corrected chi connectivity index (χ2v) is 29.6. The summed E-state index contributed by atoms with van der Waals surface area (Å²) in [7, 11) is -0.740. The highest BCUT2D eigenvalue weighted by Crippen LogP contribution is 2.42. The van der Waals surface area contributed by atoms with Crippen LogP contribution >= 0.6 is 0 Å². The van der Waals surface area contributed by atoms with Crippen LogP contribution in [-0.4, -0.2) is 85.4 Å². The van der Waals surface area contributed by atoms with E-state index >= 15 is 0 Å². The van der Waals surface area contributed by atoms with Crippen LogP contribution in [0.5, 0.6) is 11.5 Å². The molecule has 88 heavy (non-hydrogen) atoms. The van der Waals surface area contributed by atoms with Crippen molar-refractivity contribution < 1.29 is 45.8 Å². The lowest BCUT2D eigenvalue weighted by atomic mass is 9.86. The van der Waals surface area contributed by atoms with E-state index in [0.29, 0.717) is 51.2 Å². The van der Waals surface area contributed by atoms with E-state index in [4.69, 9.17) is 9.47 Å². The van der Waals surface area contributed by atoms with Gasteiger partial charge in [-0.2, -0.15) is 0 Å². The number of carbonyl (C=O) groups is 3. The van der Waals surface area contributed by atoms with Crippen molar-refractivity contribution in [2.45, 2.75) is 114 Å². The number of aliphatic hydroxyl groups is 1. The maximum Gasteiger partial charge on any atom is 0.255 e. The Labute approximate surface area is 516 Å². The molecule has 0 bridgehead atoms. The highest BCUT2D eigenvalue weighted by Gasteiger charge is 2.32. The first-order chi connectivity index (χ1) is 40.6. The predicted octanol–water partition coefficient (Wildman–Crippen LogP) is 9.28. The van der Waals surface area contributed by atoms with Gasteiger partial charge in [-0.15, -0.1) is 11.1 Å². The smallest absolute Gasteiger partial charge is 0.255 e. The lowest BCUT2D eigenvalue weighted by Crippen LogP contribution is -2.36. The quantitative estimate of drug-likeness (QED) is 0.0408. The van der Waals surface area contributed by atoms with Crippen molar-refractivity contribution in [3.63, 3.8) is 0 Å². The number of ether oxygens (including phenoxy) is 2. The number of nitrogens with zero attached hydrogens (tertiary/aromatic N) is 6. The number of hydrazine groups is 4. The molecule has 24 nitrogen and oxygen atoms in total. The molecule has 6 aromatic rings. The van der Waals surface area contributed by atoms with Gasteiger partial charge in [-0.3, -0.25) is 44.7 Å². The Morgan fingerprint density at radius 3 is 1.33 bits per heavy atom. The second-order valence-electron chi connectivity index (χ2n) is 26.1. The van der Waals surface area contributed by atoms with Crippen LogP contribution in [0, 0.1) is 24.7 Å². The van der Waals surface area contributed by atoms with Crippen molar-refractivity contribution in [1.29, 1.82) is 0 Å². The molecule has 4 aromatic carbocycles. The molecular formula is C62H84N14O10S2. The summed E-state index contributed by atoms with van der Waals surface area (Å²) in [6, 6.07) is 17.6. The van der Waals surface area contributed by atoms with Crippen LogP contribution in [0.2, 0.25) is 0 Å². The Morgan fingerprint density at radius 2 is 0.966 bits per heavy atom. The van der Waals surface area contributed by atoms with Crippen molar-refractivity contribution in [1.82, 2.24) is 41.0 Å². The Morgan fingerprint density at radius 1 is 0.580 bits per heavy atom. The van der Waals surface area contributed by atoms with Crippen LogP contribution in [0.4, 0.5) is 34.1 Å². The predicted molar refractivity (Wildman–Crippen MR) is 347 cm³/mol. The molecule has 0 aliphatic carbocycles. The summed E-state index contributed by atoms with van der Waals surface area (Å²) >= 11 is 0. The molecule has 1 atom stereocenters. The Hall–Kier alpha value is -8.43.